The molecule has 0 amide bonds. The summed E-state index contributed by atoms with van der Waals surface area (Å²) in [7, 11) is 0. The van der Waals surface area contributed by atoms with Gasteiger partial charge in [0.1, 0.15) is 0 Å². The summed E-state index contributed by atoms with van der Waals surface area (Å²) in [6.45, 7) is 0.826. The number of hydrogen-bond donors (Lipinski definition) is 0. The third-order valence-corrected chi connectivity index (χ3v) is 1.82. The van der Waals surface area contributed by atoms with E-state index in [0.717, 1.165) is 25.9 Å². The fourth-order valence-corrected chi connectivity index (χ4v) is 1.03. The third-order valence-electron chi connectivity index (χ3n) is 1.82. The van der Waals surface area contributed by atoms with Gasteiger partial charge in [0.05, 0.1) is 19.1 Å². The lowest BCUT2D eigenvalue weighted by molar-refractivity contribution is -0.125. The largest absolute Gasteiger partial charge is 0.392 e. The van der Waals surface area contributed by atoms with Crippen LogP contribution >= 0.6 is 0 Å². The molecule has 0 aliphatic carbocycles. The second-order valence-corrected chi connectivity index (χ2v) is 3.18. The first kappa shape index (κ1) is 10.6. The van der Waals surface area contributed by atoms with Crippen LogP contribution in [0.2, 0.25) is 0 Å². The van der Waals surface area contributed by atoms with Crippen molar-refractivity contribution in [1.82, 2.24) is 0 Å². The Labute approximate surface area is 75.6 Å². The number of allylic oxidation sites excluding steroid dienone is 2. The molecule has 1 aliphatic heterocycles. The molecule has 1 saturated heterocycles. The summed E-state index contributed by atoms with van der Waals surface area (Å²) in [5.41, 5.74) is 0. The lowest BCUT2D eigenvalue weighted by atomic mass is 10.2. The van der Waals surface area contributed by atoms with Crippen molar-refractivity contribution in [2.24, 2.45) is 0 Å². The predicted molar refractivity (Wildman–Crippen MR) is 43.4 cm³/mol. The number of unbranched alkanes of at least 4 members (excludes halogenated alkanes) is 1. The molecule has 0 aromatic heterocycles. The SMILES string of the molecule is FC(F)(F)C/C=C/CCCC1CO1. The minimum atomic E-state index is -4.06. The first-order chi connectivity index (χ1) is 6.08. The normalized spacial score (nSPS) is 22.5. The van der Waals surface area contributed by atoms with Crippen molar-refractivity contribution >= 4 is 0 Å². The number of rotatable bonds is 5. The highest BCUT2D eigenvalue weighted by Crippen LogP contribution is 2.20. The van der Waals surface area contributed by atoms with Gasteiger partial charge in [0, 0.05) is 0 Å². The predicted octanol–water partition coefficient (Wildman–Crippen LogP) is 3.06. The van der Waals surface area contributed by atoms with Gasteiger partial charge < -0.3 is 4.74 Å². The summed E-state index contributed by atoms with van der Waals surface area (Å²) < 4.78 is 39.9. The van der Waals surface area contributed by atoms with Gasteiger partial charge in [0.2, 0.25) is 0 Å². The zero-order valence-corrected chi connectivity index (χ0v) is 7.31. The van der Waals surface area contributed by atoms with Crippen LogP contribution in [0.5, 0.6) is 0 Å². The second-order valence-electron chi connectivity index (χ2n) is 3.18. The number of alkyl halides is 3. The average molecular weight is 194 g/mol. The molecule has 1 heterocycles. The molecule has 1 rings (SSSR count). The summed E-state index contributed by atoms with van der Waals surface area (Å²) >= 11 is 0. The minimum absolute atomic E-state index is 0.385. The van der Waals surface area contributed by atoms with Crippen LogP contribution in [0.4, 0.5) is 13.2 Å². The number of hydrogen-bond acceptors (Lipinski definition) is 1. The van der Waals surface area contributed by atoms with Gasteiger partial charge in [-0.3, -0.25) is 0 Å². The Bertz CT molecular complexity index is 170. The summed E-state index contributed by atoms with van der Waals surface area (Å²) in [5.74, 6) is 0. The zero-order chi connectivity index (χ0) is 9.73. The van der Waals surface area contributed by atoms with Gasteiger partial charge in [0.15, 0.2) is 0 Å². The molecular weight excluding hydrogens is 181 g/mol. The molecule has 1 atom stereocenters. The van der Waals surface area contributed by atoms with E-state index in [9.17, 15) is 13.2 Å². The fraction of sp³-hybridized carbons (Fsp3) is 0.778. The van der Waals surface area contributed by atoms with E-state index in [1.54, 1.807) is 6.08 Å². The van der Waals surface area contributed by atoms with Gasteiger partial charge in [-0.25, -0.2) is 0 Å². The topological polar surface area (TPSA) is 12.5 Å². The van der Waals surface area contributed by atoms with Crippen molar-refractivity contribution in [1.29, 1.82) is 0 Å². The maximum Gasteiger partial charge on any atom is 0.392 e. The van der Waals surface area contributed by atoms with E-state index in [4.69, 9.17) is 4.74 Å². The lowest BCUT2D eigenvalue weighted by Gasteiger charge is -1.99. The molecule has 0 spiro atoms. The highest BCUT2D eigenvalue weighted by Gasteiger charge is 2.24. The van der Waals surface area contributed by atoms with Crippen LogP contribution in [0, 0.1) is 0 Å². The van der Waals surface area contributed by atoms with Crippen molar-refractivity contribution < 1.29 is 17.9 Å². The Morgan fingerprint density at radius 3 is 2.54 bits per heavy atom. The Balaban J connectivity index is 1.91. The van der Waals surface area contributed by atoms with Crippen LogP contribution in [-0.2, 0) is 4.74 Å². The van der Waals surface area contributed by atoms with Crippen molar-refractivity contribution in [2.75, 3.05) is 6.61 Å². The van der Waals surface area contributed by atoms with Crippen LogP contribution in [0.15, 0.2) is 12.2 Å². The Morgan fingerprint density at radius 2 is 2.00 bits per heavy atom. The minimum Gasteiger partial charge on any atom is -0.373 e. The van der Waals surface area contributed by atoms with Crippen molar-refractivity contribution in [3.63, 3.8) is 0 Å². The van der Waals surface area contributed by atoms with Crippen LogP contribution in [0.25, 0.3) is 0 Å². The standard InChI is InChI=1S/C9H13F3O/c10-9(11,12)6-4-2-1-3-5-8-7-13-8/h2,4,8H,1,3,5-7H2/b4-2+. The van der Waals surface area contributed by atoms with E-state index in [2.05, 4.69) is 0 Å². The van der Waals surface area contributed by atoms with Gasteiger partial charge in [-0.1, -0.05) is 12.2 Å². The van der Waals surface area contributed by atoms with E-state index >= 15 is 0 Å². The molecule has 0 saturated carbocycles. The average Bonchev–Trinajstić information content (AvgIpc) is 2.77. The lowest BCUT2D eigenvalue weighted by Crippen LogP contribution is -2.03. The molecule has 1 aliphatic rings. The molecule has 1 unspecified atom stereocenters. The number of halogens is 3. The fourth-order valence-electron chi connectivity index (χ4n) is 1.03. The molecule has 0 aromatic rings. The molecule has 0 N–H and O–H groups in total. The van der Waals surface area contributed by atoms with E-state index < -0.39 is 12.6 Å². The molecule has 4 heteroatoms. The summed E-state index contributed by atoms with van der Waals surface area (Å²) in [6, 6.07) is 0. The maximum atomic E-state index is 11.6. The third kappa shape index (κ3) is 6.63. The molecule has 0 aromatic carbocycles. The van der Waals surface area contributed by atoms with Crippen molar-refractivity contribution in [3.05, 3.63) is 12.2 Å². The highest BCUT2D eigenvalue weighted by molar-refractivity contribution is 4.84. The summed E-state index contributed by atoms with van der Waals surface area (Å²) in [6.07, 6.45) is 0.897. The first-order valence-corrected chi connectivity index (χ1v) is 4.41. The molecule has 76 valence electrons. The smallest absolute Gasteiger partial charge is 0.373 e. The molecule has 0 bridgehead atoms. The van der Waals surface area contributed by atoms with Gasteiger partial charge in [-0.15, -0.1) is 0 Å². The Morgan fingerprint density at radius 1 is 1.31 bits per heavy atom. The number of ether oxygens (including phenoxy) is 1. The van der Waals surface area contributed by atoms with Gasteiger partial charge in [0.25, 0.3) is 0 Å². The van der Waals surface area contributed by atoms with E-state index in [0.29, 0.717) is 6.10 Å². The molecule has 1 fully saturated rings. The van der Waals surface area contributed by atoms with Gasteiger partial charge in [-0.05, 0) is 19.3 Å². The van der Waals surface area contributed by atoms with E-state index in [1.165, 1.54) is 6.08 Å². The van der Waals surface area contributed by atoms with Crippen molar-refractivity contribution in [3.8, 4) is 0 Å². The highest BCUT2D eigenvalue weighted by atomic mass is 19.4. The van der Waals surface area contributed by atoms with Crippen LogP contribution in [0.3, 0.4) is 0 Å². The Kier molecular flexibility index (Phi) is 3.78. The van der Waals surface area contributed by atoms with E-state index in [-0.39, 0.29) is 0 Å². The summed E-state index contributed by atoms with van der Waals surface area (Å²) in [5, 5.41) is 0. The quantitative estimate of drug-likeness (QED) is 0.372. The second kappa shape index (κ2) is 4.65. The van der Waals surface area contributed by atoms with E-state index in [1.807, 2.05) is 0 Å². The van der Waals surface area contributed by atoms with Crippen LogP contribution in [-0.4, -0.2) is 18.9 Å². The maximum absolute atomic E-state index is 11.6. The van der Waals surface area contributed by atoms with Gasteiger partial charge in [-0.2, -0.15) is 13.2 Å². The molecule has 13 heavy (non-hydrogen) atoms. The van der Waals surface area contributed by atoms with Crippen LogP contribution < -0.4 is 0 Å². The monoisotopic (exact) mass is 194 g/mol. The zero-order valence-electron chi connectivity index (χ0n) is 7.31. The van der Waals surface area contributed by atoms with Crippen LogP contribution in [0.1, 0.15) is 25.7 Å². The Hall–Kier alpha value is -0.510. The summed E-state index contributed by atoms with van der Waals surface area (Å²) in [4.78, 5) is 0. The number of epoxide rings is 1. The first-order valence-electron chi connectivity index (χ1n) is 4.41. The molecule has 0 radical (unpaired) electrons. The molecule has 1 nitrogen and oxygen atoms in total. The van der Waals surface area contributed by atoms with Crippen molar-refractivity contribution in [2.45, 2.75) is 38.0 Å². The molecular formula is C9H13F3O. The van der Waals surface area contributed by atoms with Gasteiger partial charge >= 0.3 is 6.18 Å².